The minimum Gasteiger partial charge on any atom is -0.493 e. The van der Waals surface area contributed by atoms with E-state index in [4.69, 9.17) is 9.47 Å². The minimum absolute atomic E-state index is 0.110. The summed E-state index contributed by atoms with van der Waals surface area (Å²) in [7, 11) is 3.08. The third-order valence-corrected chi connectivity index (χ3v) is 5.80. The van der Waals surface area contributed by atoms with E-state index in [0.717, 1.165) is 16.7 Å². The van der Waals surface area contributed by atoms with E-state index in [0.29, 0.717) is 28.4 Å². The number of benzene rings is 3. The summed E-state index contributed by atoms with van der Waals surface area (Å²) in [6, 6.07) is 15.5. The molecule has 0 saturated heterocycles. The molecule has 168 valence electrons. The molecule has 0 saturated carbocycles. The smallest absolute Gasteiger partial charge is 0.266 e. The number of hydrogen-bond donors (Lipinski definition) is 1. The first-order chi connectivity index (χ1) is 15.8. The number of carbonyl (C=O) groups is 3. The average molecular weight is 444 g/mol. The monoisotopic (exact) mass is 444 g/mol. The van der Waals surface area contributed by atoms with Crippen LogP contribution in [-0.4, -0.2) is 31.9 Å². The molecular weight excluding hydrogens is 420 g/mol. The van der Waals surface area contributed by atoms with Crippen LogP contribution in [-0.2, 0) is 11.2 Å². The topological polar surface area (TPSA) is 84.9 Å². The fourth-order valence-corrected chi connectivity index (χ4v) is 3.90. The van der Waals surface area contributed by atoms with Crippen molar-refractivity contribution in [3.05, 3.63) is 82.4 Å². The molecule has 7 heteroatoms. The molecule has 1 aliphatic heterocycles. The van der Waals surface area contributed by atoms with Gasteiger partial charge in [0.1, 0.15) is 0 Å². The van der Waals surface area contributed by atoms with Gasteiger partial charge in [-0.1, -0.05) is 18.2 Å². The van der Waals surface area contributed by atoms with E-state index in [-0.39, 0.29) is 23.8 Å². The van der Waals surface area contributed by atoms with E-state index in [2.05, 4.69) is 5.32 Å². The Balaban J connectivity index is 1.54. The first-order valence-electron chi connectivity index (χ1n) is 10.4. The summed E-state index contributed by atoms with van der Waals surface area (Å²) in [4.78, 5) is 39.9. The lowest BCUT2D eigenvalue weighted by Crippen LogP contribution is -2.30. The van der Waals surface area contributed by atoms with Gasteiger partial charge in [0.2, 0.25) is 5.91 Å². The summed E-state index contributed by atoms with van der Waals surface area (Å²) in [6.07, 6.45) is 0.110. The number of fused-ring (bicyclic) bond motifs is 1. The van der Waals surface area contributed by atoms with Gasteiger partial charge in [-0.25, -0.2) is 4.90 Å². The summed E-state index contributed by atoms with van der Waals surface area (Å²) in [5.74, 6) is 0.0877. The third-order valence-electron chi connectivity index (χ3n) is 5.80. The number of aryl methyl sites for hydroxylation is 1. The SMILES string of the molecule is COc1ccc(CC(=O)Nc2ccc3c(c2)C(=O)N(c2cccc(C)c2C)C3=O)cc1OC. The van der Waals surface area contributed by atoms with Crippen LogP contribution >= 0.6 is 0 Å². The first-order valence-corrected chi connectivity index (χ1v) is 10.4. The van der Waals surface area contributed by atoms with Crippen LogP contribution < -0.4 is 19.7 Å². The second kappa shape index (κ2) is 8.78. The fraction of sp³-hybridized carbons (Fsp3) is 0.192. The highest BCUT2D eigenvalue weighted by atomic mass is 16.5. The molecule has 0 spiro atoms. The average Bonchev–Trinajstić information content (AvgIpc) is 3.05. The van der Waals surface area contributed by atoms with Crippen LogP contribution in [0.2, 0.25) is 0 Å². The van der Waals surface area contributed by atoms with Gasteiger partial charge in [-0.15, -0.1) is 0 Å². The van der Waals surface area contributed by atoms with E-state index in [1.165, 1.54) is 12.0 Å². The Labute approximate surface area is 191 Å². The van der Waals surface area contributed by atoms with Crippen LogP contribution in [0.1, 0.15) is 37.4 Å². The standard InChI is InChI=1S/C26H24N2O5/c1-15-6-5-7-21(16(15)2)28-25(30)19-10-9-18(14-20(19)26(28)31)27-24(29)13-17-8-11-22(32-3)23(12-17)33-4/h5-12,14H,13H2,1-4H3,(H,27,29). The van der Waals surface area contributed by atoms with Crippen molar-refractivity contribution in [1.29, 1.82) is 0 Å². The number of nitrogens with zero attached hydrogens (tertiary/aromatic N) is 1. The highest BCUT2D eigenvalue weighted by molar-refractivity contribution is 6.35. The van der Waals surface area contributed by atoms with Crippen LogP contribution in [0.3, 0.4) is 0 Å². The van der Waals surface area contributed by atoms with E-state index in [1.54, 1.807) is 49.6 Å². The maximum Gasteiger partial charge on any atom is 0.266 e. The van der Waals surface area contributed by atoms with Gasteiger partial charge in [-0.3, -0.25) is 14.4 Å². The molecule has 0 aromatic heterocycles. The maximum absolute atomic E-state index is 13.1. The number of anilines is 2. The minimum atomic E-state index is -0.403. The molecule has 1 N–H and O–H groups in total. The zero-order chi connectivity index (χ0) is 23.7. The summed E-state index contributed by atoms with van der Waals surface area (Å²) < 4.78 is 10.5. The molecule has 1 heterocycles. The van der Waals surface area contributed by atoms with E-state index in [1.807, 2.05) is 26.0 Å². The van der Waals surface area contributed by atoms with Gasteiger partial charge in [0.25, 0.3) is 11.8 Å². The molecule has 0 aliphatic carbocycles. The predicted octanol–water partition coefficient (Wildman–Crippen LogP) is 4.30. The molecule has 3 aromatic rings. The van der Waals surface area contributed by atoms with Crippen molar-refractivity contribution in [2.75, 3.05) is 24.4 Å². The molecule has 0 bridgehead atoms. The van der Waals surface area contributed by atoms with Crippen molar-refractivity contribution in [3.63, 3.8) is 0 Å². The fourth-order valence-electron chi connectivity index (χ4n) is 3.90. The van der Waals surface area contributed by atoms with Crippen LogP contribution in [0, 0.1) is 13.8 Å². The summed E-state index contributed by atoms with van der Waals surface area (Å²) in [5.41, 5.74) is 4.22. The molecule has 0 fully saturated rings. The zero-order valence-corrected chi connectivity index (χ0v) is 18.9. The molecule has 1 aliphatic rings. The molecule has 7 nitrogen and oxygen atoms in total. The summed E-state index contributed by atoms with van der Waals surface area (Å²) >= 11 is 0. The van der Waals surface area contributed by atoms with Crippen molar-refractivity contribution in [2.24, 2.45) is 0 Å². The second-order valence-corrected chi connectivity index (χ2v) is 7.84. The lowest BCUT2D eigenvalue weighted by Gasteiger charge is -2.17. The van der Waals surface area contributed by atoms with Crippen LogP contribution in [0.4, 0.5) is 11.4 Å². The van der Waals surface area contributed by atoms with Crippen molar-refractivity contribution in [1.82, 2.24) is 0 Å². The normalized spacial score (nSPS) is 12.5. The third kappa shape index (κ3) is 4.05. The molecule has 0 unspecified atom stereocenters. The van der Waals surface area contributed by atoms with Gasteiger partial charge in [-0.2, -0.15) is 0 Å². The van der Waals surface area contributed by atoms with Crippen molar-refractivity contribution < 1.29 is 23.9 Å². The summed E-state index contributed by atoms with van der Waals surface area (Å²) in [6.45, 7) is 3.82. The molecule has 3 amide bonds. The zero-order valence-electron chi connectivity index (χ0n) is 18.9. The molecular formula is C26H24N2O5. The van der Waals surface area contributed by atoms with Gasteiger partial charge in [0.05, 0.1) is 37.5 Å². The Morgan fingerprint density at radius 3 is 2.33 bits per heavy atom. The van der Waals surface area contributed by atoms with E-state index < -0.39 is 5.91 Å². The number of methoxy groups -OCH3 is 2. The first kappa shape index (κ1) is 22.1. The number of ether oxygens (including phenoxy) is 2. The van der Waals surface area contributed by atoms with Gasteiger partial charge >= 0.3 is 0 Å². The number of imide groups is 1. The van der Waals surface area contributed by atoms with Crippen molar-refractivity contribution in [2.45, 2.75) is 20.3 Å². The highest BCUT2D eigenvalue weighted by Gasteiger charge is 2.37. The summed E-state index contributed by atoms with van der Waals surface area (Å²) in [5, 5.41) is 2.80. The van der Waals surface area contributed by atoms with Gasteiger partial charge < -0.3 is 14.8 Å². The number of nitrogens with one attached hydrogen (secondary N) is 1. The number of carbonyl (C=O) groups excluding carboxylic acids is 3. The largest absolute Gasteiger partial charge is 0.493 e. The molecule has 4 rings (SSSR count). The van der Waals surface area contributed by atoms with Gasteiger partial charge in [0.15, 0.2) is 11.5 Å². The Morgan fingerprint density at radius 2 is 1.61 bits per heavy atom. The molecule has 3 aromatic carbocycles. The maximum atomic E-state index is 13.1. The quantitative estimate of drug-likeness (QED) is 0.573. The lowest BCUT2D eigenvalue weighted by atomic mass is 10.1. The Morgan fingerprint density at radius 1 is 0.879 bits per heavy atom. The Kier molecular flexibility index (Phi) is 5.87. The van der Waals surface area contributed by atoms with Crippen LogP contribution in [0.5, 0.6) is 11.5 Å². The van der Waals surface area contributed by atoms with E-state index >= 15 is 0 Å². The Hall–Kier alpha value is -4.13. The van der Waals surface area contributed by atoms with Crippen LogP contribution in [0.15, 0.2) is 54.6 Å². The number of rotatable bonds is 6. The van der Waals surface area contributed by atoms with Gasteiger partial charge in [-0.05, 0) is 66.9 Å². The van der Waals surface area contributed by atoms with Crippen molar-refractivity contribution >= 4 is 29.1 Å². The number of amides is 3. The van der Waals surface area contributed by atoms with Crippen LogP contribution in [0.25, 0.3) is 0 Å². The molecule has 0 radical (unpaired) electrons. The number of hydrogen-bond acceptors (Lipinski definition) is 5. The highest BCUT2D eigenvalue weighted by Crippen LogP contribution is 2.33. The lowest BCUT2D eigenvalue weighted by molar-refractivity contribution is -0.115. The molecule has 33 heavy (non-hydrogen) atoms. The molecule has 0 atom stereocenters. The Bertz CT molecular complexity index is 1280. The predicted molar refractivity (Wildman–Crippen MR) is 125 cm³/mol. The second-order valence-electron chi connectivity index (χ2n) is 7.84. The van der Waals surface area contributed by atoms with Crippen molar-refractivity contribution in [3.8, 4) is 11.5 Å². The van der Waals surface area contributed by atoms with E-state index in [9.17, 15) is 14.4 Å². The van der Waals surface area contributed by atoms with Gasteiger partial charge in [0, 0.05) is 5.69 Å².